The lowest BCUT2D eigenvalue weighted by atomic mass is 9.83. The van der Waals surface area contributed by atoms with Crippen LogP contribution in [0.1, 0.15) is 46.0 Å². The maximum atomic E-state index is 11.3. The standard InChI is InChI=1S/C13H25NO3/c1-4-13(7-5-6-8-13)10-14-9-12(2,16)11(15)17-3/h14,16H,4-10H2,1-3H3. The maximum Gasteiger partial charge on any atom is 0.338 e. The second-order valence-electron chi connectivity index (χ2n) is 5.43. The number of carbonyl (C=O) groups is 1. The predicted octanol–water partition coefficient (Wildman–Crippen LogP) is 1.47. The number of rotatable bonds is 6. The van der Waals surface area contributed by atoms with Crippen molar-refractivity contribution in [2.45, 2.75) is 51.6 Å². The molecule has 1 atom stereocenters. The number of hydrogen-bond acceptors (Lipinski definition) is 4. The first kappa shape index (κ1) is 14.5. The molecule has 1 unspecified atom stereocenters. The molecule has 0 aromatic rings. The fourth-order valence-electron chi connectivity index (χ4n) is 2.64. The van der Waals surface area contributed by atoms with E-state index in [1.807, 2.05) is 0 Å². The van der Waals surface area contributed by atoms with Crippen LogP contribution in [0.4, 0.5) is 0 Å². The molecule has 1 rings (SSSR count). The summed E-state index contributed by atoms with van der Waals surface area (Å²) in [5.74, 6) is -0.582. The molecule has 0 aromatic heterocycles. The van der Waals surface area contributed by atoms with E-state index in [4.69, 9.17) is 0 Å². The van der Waals surface area contributed by atoms with Gasteiger partial charge in [-0.3, -0.25) is 0 Å². The Labute approximate surface area is 104 Å². The fourth-order valence-corrected chi connectivity index (χ4v) is 2.64. The molecule has 0 spiro atoms. The first-order valence-electron chi connectivity index (χ1n) is 6.47. The third-order valence-corrected chi connectivity index (χ3v) is 4.01. The van der Waals surface area contributed by atoms with Gasteiger partial charge in [0.15, 0.2) is 5.60 Å². The summed E-state index contributed by atoms with van der Waals surface area (Å²) in [7, 11) is 1.29. The Balaban J connectivity index is 2.38. The molecule has 100 valence electrons. The van der Waals surface area contributed by atoms with Crippen LogP contribution >= 0.6 is 0 Å². The summed E-state index contributed by atoms with van der Waals surface area (Å²) in [4.78, 5) is 11.3. The number of hydrogen-bond donors (Lipinski definition) is 2. The van der Waals surface area contributed by atoms with E-state index in [1.54, 1.807) is 0 Å². The smallest absolute Gasteiger partial charge is 0.338 e. The van der Waals surface area contributed by atoms with Crippen LogP contribution in [0.5, 0.6) is 0 Å². The van der Waals surface area contributed by atoms with E-state index >= 15 is 0 Å². The average molecular weight is 243 g/mol. The van der Waals surface area contributed by atoms with E-state index in [1.165, 1.54) is 39.7 Å². The topological polar surface area (TPSA) is 58.6 Å². The highest BCUT2D eigenvalue weighted by Gasteiger charge is 2.34. The van der Waals surface area contributed by atoms with Crippen molar-refractivity contribution < 1.29 is 14.6 Å². The Morgan fingerprint density at radius 2 is 2.06 bits per heavy atom. The zero-order valence-electron chi connectivity index (χ0n) is 11.2. The molecule has 17 heavy (non-hydrogen) atoms. The van der Waals surface area contributed by atoms with Crippen LogP contribution in [0.3, 0.4) is 0 Å². The van der Waals surface area contributed by atoms with Crippen LogP contribution in [-0.2, 0) is 9.53 Å². The molecule has 0 aliphatic heterocycles. The van der Waals surface area contributed by atoms with Crippen molar-refractivity contribution in [3.63, 3.8) is 0 Å². The van der Waals surface area contributed by atoms with Gasteiger partial charge in [-0.15, -0.1) is 0 Å². The van der Waals surface area contributed by atoms with Gasteiger partial charge in [-0.25, -0.2) is 4.79 Å². The number of esters is 1. The first-order chi connectivity index (χ1) is 7.96. The van der Waals surface area contributed by atoms with E-state index in [2.05, 4.69) is 17.0 Å². The minimum Gasteiger partial charge on any atom is -0.467 e. The quantitative estimate of drug-likeness (QED) is 0.694. The number of aliphatic hydroxyl groups is 1. The van der Waals surface area contributed by atoms with Crippen molar-refractivity contribution in [3.05, 3.63) is 0 Å². The van der Waals surface area contributed by atoms with E-state index in [9.17, 15) is 9.90 Å². The highest BCUT2D eigenvalue weighted by atomic mass is 16.5. The molecule has 4 nitrogen and oxygen atoms in total. The van der Waals surface area contributed by atoms with E-state index < -0.39 is 11.6 Å². The van der Waals surface area contributed by atoms with Crippen molar-refractivity contribution in [2.75, 3.05) is 20.2 Å². The van der Waals surface area contributed by atoms with Gasteiger partial charge in [-0.2, -0.15) is 0 Å². The summed E-state index contributed by atoms with van der Waals surface area (Å²) in [6, 6.07) is 0. The van der Waals surface area contributed by atoms with Gasteiger partial charge in [-0.1, -0.05) is 19.8 Å². The normalized spacial score (nSPS) is 22.1. The second-order valence-corrected chi connectivity index (χ2v) is 5.43. The molecule has 0 bridgehead atoms. The Morgan fingerprint density at radius 3 is 2.53 bits per heavy atom. The lowest BCUT2D eigenvalue weighted by molar-refractivity contribution is -0.160. The van der Waals surface area contributed by atoms with Crippen LogP contribution in [0, 0.1) is 5.41 Å². The first-order valence-corrected chi connectivity index (χ1v) is 6.47. The van der Waals surface area contributed by atoms with Crippen LogP contribution in [0.2, 0.25) is 0 Å². The highest BCUT2D eigenvalue weighted by molar-refractivity contribution is 5.78. The molecule has 1 saturated carbocycles. The molecule has 2 N–H and O–H groups in total. The minimum absolute atomic E-state index is 0.251. The lowest BCUT2D eigenvalue weighted by Gasteiger charge is -2.29. The zero-order valence-corrected chi connectivity index (χ0v) is 11.2. The van der Waals surface area contributed by atoms with Gasteiger partial charge < -0.3 is 15.2 Å². The third-order valence-electron chi connectivity index (χ3n) is 4.01. The predicted molar refractivity (Wildman–Crippen MR) is 66.7 cm³/mol. The molecular weight excluding hydrogens is 218 g/mol. The summed E-state index contributed by atoms with van der Waals surface area (Å²) in [5.41, 5.74) is -1.06. The Hall–Kier alpha value is -0.610. The van der Waals surface area contributed by atoms with E-state index in [-0.39, 0.29) is 6.54 Å². The Morgan fingerprint density at radius 1 is 1.47 bits per heavy atom. The summed E-state index contributed by atoms with van der Waals surface area (Å²) >= 11 is 0. The summed E-state index contributed by atoms with van der Waals surface area (Å²) in [5, 5.41) is 13.1. The van der Waals surface area contributed by atoms with Crippen LogP contribution in [0.25, 0.3) is 0 Å². The summed E-state index contributed by atoms with van der Waals surface area (Å²) in [6.07, 6.45) is 6.24. The molecular formula is C13H25NO3. The Kier molecular flexibility index (Phi) is 4.95. The van der Waals surface area contributed by atoms with Crippen molar-refractivity contribution in [3.8, 4) is 0 Å². The molecule has 0 amide bonds. The number of nitrogens with one attached hydrogen (secondary N) is 1. The number of carbonyl (C=O) groups excluding carboxylic acids is 1. The van der Waals surface area contributed by atoms with Crippen molar-refractivity contribution >= 4 is 5.97 Å². The highest BCUT2D eigenvalue weighted by Crippen LogP contribution is 2.40. The lowest BCUT2D eigenvalue weighted by Crippen LogP contribution is -2.47. The molecule has 0 aromatic carbocycles. The average Bonchev–Trinajstić information content (AvgIpc) is 2.77. The largest absolute Gasteiger partial charge is 0.467 e. The van der Waals surface area contributed by atoms with E-state index in [0.29, 0.717) is 5.41 Å². The molecule has 0 heterocycles. The fraction of sp³-hybridized carbons (Fsp3) is 0.923. The van der Waals surface area contributed by atoms with Gasteiger partial charge >= 0.3 is 5.97 Å². The van der Waals surface area contributed by atoms with Crippen molar-refractivity contribution in [1.82, 2.24) is 5.32 Å². The molecule has 1 aliphatic carbocycles. The van der Waals surface area contributed by atoms with Crippen LogP contribution in [0.15, 0.2) is 0 Å². The number of methoxy groups -OCH3 is 1. The zero-order chi connectivity index (χ0) is 12.9. The molecule has 4 heteroatoms. The number of ether oxygens (including phenoxy) is 1. The van der Waals surface area contributed by atoms with E-state index in [0.717, 1.165) is 13.0 Å². The maximum absolute atomic E-state index is 11.3. The van der Waals surface area contributed by atoms with Gasteiger partial charge in [0.1, 0.15) is 0 Å². The molecule has 1 fully saturated rings. The Bertz CT molecular complexity index is 257. The van der Waals surface area contributed by atoms with Crippen molar-refractivity contribution in [2.24, 2.45) is 5.41 Å². The van der Waals surface area contributed by atoms with Gasteiger partial charge in [0, 0.05) is 13.1 Å². The summed E-state index contributed by atoms with van der Waals surface area (Å²) in [6.45, 7) is 4.82. The van der Waals surface area contributed by atoms with Gasteiger partial charge in [0.25, 0.3) is 0 Å². The third kappa shape index (κ3) is 3.68. The van der Waals surface area contributed by atoms with Crippen molar-refractivity contribution in [1.29, 1.82) is 0 Å². The van der Waals surface area contributed by atoms with Crippen LogP contribution in [-0.4, -0.2) is 36.9 Å². The van der Waals surface area contributed by atoms with Gasteiger partial charge in [0.05, 0.1) is 7.11 Å². The minimum atomic E-state index is -1.43. The monoisotopic (exact) mass is 243 g/mol. The molecule has 1 aliphatic rings. The second kappa shape index (κ2) is 5.83. The van der Waals surface area contributed by atoms with Gasteiger partial charge in [-0.05, 0) is 31.6 Å². The SMILES string of the molecule is CCC1(CNCC(C)(O)C(=O)OC)CCCC1. The molecule has 0 saturated heterocycles. The van der Waals surface area contributed by atoms with Gasteiger partial charge in [0.2, 0.25) is 0 Å². The summed E-state index contributed by atoms with van der Waals surface area (Å²) < 4.78 is 4.56. The molecule has 0 radical (unpaired) electrons. The van der Waals surface area contributed by atoms with Crippen LogP contribution < -0.4 is 5.32 Å².